The lowest BCUT2D eigenvalue weighted by Crippen LogP contribution is -2.19. The van der Waals surface area contributed by atoms with E-state index in [0.717, 1.165) is 18.1 Å². The Hall–Kier alpha value is -0.760. The van der Waals surface area contributed by atoms with Crippen molar-refractivity contribution in [2.24, 2.45) is 0 Å². The zero-order valence-electron chi connectivity index (χ0n) is 11.1. The molecule has 0 saturated heterocycles. The van der Waals surface area contributed by atoms with E-state index in [9.17, 15) is 0 Å². The first-order valence-electron chi connectivity index (χ1n) is 6.45. The second kappa shape index (κ2) is 6.74. The highest BCUT2D eigenvalue weighted by atomic mass is 16.3. The maximum atomic E-state index is 5.54. The average Bonchev–Trinajstić information content (AvgIpc) is 2.57. The summed E-state index contributed by atoms with van der Waals surface area (Å²) in [5.74, 6) is 2.05. The van der Waals surface area contributed by atoms with E-state index in [0.29, 0.717) is 6.04 Å². The van der Waals surface area contributed by atoms with Crippen LogP contribution >= 0.6 is 0 Å². The Bertz CT molecular complexity index is 304. The first-order valence-corrected chi connectivity index (χ1v) is 6.45. The van der Waals surface area contributed by atoms with Gasteiger partial charge in [0.05, 0.1) is 0 Å². The molecule has 0 saturated carbocycles. The van der Waals surface area contributed by atoms with Crippen LogP contribution in [-0.4, -0.2) is 6.54 Å². The van der Waals surface area contributed by atoms with Gasteiger partial charge in [-0.1, -0.05) is 26.2 Å². The van der Waals surface area contributed by atoms with Crippen molar-refractivity contribution in [2.45, 2.75) is 59.4 Å². The third-order valence-corrected chi connectivity index (χ3v) is 3.03. The highest BCUT2D eigenvalue weighted by Crippen LogP contribution is 2.20. The first-order chi connectivity index (χ1) is 7.65. The van der Waals surface area contributed by atoms with Gasteiger partial charge in [0.1, 0.15) is 11.5 Å². The predicted octanol–water partition coefficient (Wildman–Crippen LogP) is 4.13. The van der Waals surface area contributed by atoms with Gasteiger partial charge in [-0.2, -0.15) is 0 Å². The van der Waals surface area contributed by atoms with E-state index in [1.54, 1.807) is 0 Å². The lowest BCUT2D eigenvalue weighted by atomic mass is 10.1. The minimum absolute atomic E-state index is 0.402. The monoisotopic (exact) mass is 223 g/mol. The number of hydrogen-bond acceptors (Lipinski definition) is 2. The summed E-state index contributed by atoms with van der Waals surface area (Å²) >= 11 is 0. The Morgan fingerprint density at radius 2 is 2.00 bits per heavy atom. The van der Waals surface area contributed by atoms with Gasteiger partial charge in [0.15, 0.2) is 0 Å². The van der Waals surface area contributed by atoms with Gasteiger partial charge >= 0.3 is 0 Å². The fraction of sp³-hybridized carbons (Fsp3) is 0.714. The van der Waals surface area contributed by atoms with Crippen LogP contribution in [0.4, 0.5) is 0 Å². The van der Waals surface area contributed by atoms with E-state index in [1.165, 1.54) is 31.2 Å². The minimum Gasteiger partial charge on any atom is -0.466 e. The molecule has 1 N–H and O–H groups in total. The fourth-order valence-electron chi connectivity index (χ4n) is 2.06. The largest absolute Gasteiger partial charge is 0.466 e. The summed E-state index contributed by atoms with van der Waals surface area (Å²) in [4.78, 5) is 0. The standard InChI is InChI=1S/C14H25NO/c1-5-6-7-8-9-15-12(3)14-10-11(2)16-13(14)4/h10,12,15H,5-9H2,1-4H3. The number of hydrogen-bond donors (Lipinski definition) is 1. The van der Waals surface area contributed by atoms with Gasteiger partial charge in [-0.05, 0) is 39.8 Å². The zero-order valence-corrected chi connectivity index (χ0v) is 11.1. The molecule has 0 fully saturated rings. The summed E-state index contributed by atoms with van der Waals surface area (Å²) in [5.41, 5.74) is 1.30. The normalized spacial score (nSPS) is 13.0. The fourth-order valence-corrected chi connectivity index (χ4v) is 2.06. The predicted molar refractivity (Wildman–Crippen MR) is 68.7 cm³/mol. The van der Waals surface area contributed by atoms with Crippen molar-refractivity contribution in [3.8, 4) is 0 Å². The first kappa shape index (κ1) is 13.3. The van der Waals surface area contributed by atoms with Crippen LogP contribution in [0.5, 0.6) is 0 Å². The van der Waals surface area contributed by atoms with Crippen LogP contribution in [0.25, 0.3) is 0 Å². The molecule has 0 aromatic carbocycles. The van der Waals surface area contributed by atoms with Crippen LogP contribution in [0, 0.1) is 13.8 Å². The minimum atomic E-state index is 0.402. The molecule has 0 aliphatic rings. The van der Waals surface area contributed by atoms with Crippen molar-refractivity contribution in [1.29, 1.82) is 0 Å². The van der Waals surface area contributed by atoms with E-state index in [2.05, 4.69) is 25.2 Å². The van der Waals surface area contributed by atoms with Gasteiger partial charge in [0.2, 0.25) is 0 Å². The number of unbranched alkanes of at least 4 members (excludes halogenated alkanes) is 3. The quantitative estimate of drug-likeness (QED) is 0.703. The van der Waals surface area contributed by atoms with Crippen LogP contribution in [0.15, 0.2) is 10.5 Å². The number of furan rings is 1. The van der Waals surface area contributed by atoms with Crippen LogP contribution in [0.1, 0.15) is 62.7 Å². The van der Waals surface area contributed by atoms with Crippen molar-refractivity contribution in [2.75, 3.05) is 6.54 Å². The molecule has 1 unspecified atom stereocenters. The molecule has 0 radical (unpaired) electrons. The topological polar surface area (TPSA) is 25.2 Å². The number of aryl methyl sites for hydroxylation is 2. The Morgan fingerprint density at radius 1 is 1.25 bits per heavy atom. The Balaban J connectivity index is 2.29. The summed E-state index contributed by atoms with van der Waals surface area (Å²) in [6, 6.07) is 2.54. The van der Waals surface area contributed by atoms with Gasteiger partial charge in [0, 0.05) is 11.6 Å². The van der Waals surface area contributed by atoms with Crippen LogP contribution < -0.4 is 5.32 Å². The Morgan fingerprint density at radius 3 is 2.56 bits per heavy atom. The van der Waals surface area contributed by atoms with E-state index < -0.39 is 0 Å². The van der Waals surface area contributed by atoms with E-state index in [1.807, 2.05) is 13.8 Å². The van der Waals surface area contributed by atoms with Crippen LogP contribution in [-0.2, 0) is 0 Å². The molecule has 1 rings (SSSR count). The lowest BCUT2D eigenvalue weighted by molar-refractivity contribution is 0.486. The van der Waals surface area contributed by atoms with Gasteiger partial charge in [0.25, 0.3) is 0 Å². The smallest absolute Gasteiger partial charge is 0.105 e. The molecule has 2 heteroatoms. The van der Waals surface area contributed by atoms with Gasteiger partial charge < -0.3 is 9.73 Å². The molecular weight excluding hydrogens is 198 g/mol. The summed E-state index contributed by atoms with van der Waals surface area (Å²) in [6.07, 6.45) is 5.25. The van der Waals surface area contributed by atoms with Crippen molar-refractivity contribution >= 4 is 0 Å². The number of nitrogens with one attached hydrogen (secondary N) is 1. The molecule has 0 aliphatic heterocycles. The van der Waals surface area contributed by atoms with Crippen molar-refractivity contribution in [1.82, 2.24) is 5.32 Å². The third kappa shape index (κ3) is 4.01. The summed E-state index contributed by atoms with van der Waals surface area (Å²) < 4.78 is 5.54. The Labute approximate surface area is 99.4 Å². The van der Waals surface area contributed by atoms with Gasteiger partial charge in [-0.3, -0.25) is 0 Å². The van der Waals surface area contributed by atoms with Crippen molar-refractivity contribution < 1.29 is 4.42 Å². The highest BCUT2D eigenvalue weighted by Gasteiger charge is 2.11. The molecule has 0 amide bonds. The molecule has 0 bridgehead atoms. The molecule has 1 aromatic rings. The van der Waals surface area contributed by atoms with E-state index in [-0.39, 0.29) is 0 Å². The van der Waals surface area contributed by atoms with Crippen molar-refractivity contribution in [3.05, 3.63) is 23.2 Å². The summed E-state index contributed by atoms with van der Waals surface area (Å²) in [7, 11) is 0. The molecule has 1 aromatic heterocycles. The van der Waals surface area contributed by atoms with Gasteiger partial charge in [-0.15, -0.1) is 0 Å². The summed E-state index contributed by atoms with van der Waals surface area (Å²) in [6.45, 7) is 9.59. The molecule has 2 nitrogen and oxygen atoms in total. The Kier molecular flexibility index (Phi) is 5.61. The molecule has 0 spiro atoms. The van der Waals surface area contributed by atoms with Crippen LogP contribution in [0.2, 0.25) is 0 Å². The second-order valence-corrected chi connectivity index (χ2v) is 4.61. The number of rotatable bonds is 7. The van der Waals surface area contributed by atoms with E-state index in [4.69, 9.17) is 4.42 Å². The van der Waals surface area contributed by atoms with Crippen LogP contribution in [0.3, 0.4) is 0 Å². The molecule has 16 heavy (non-hydrogen) atoms. The highest BCUT2D eigenvalue weighted by molar-refractivity contribution is 5.23. The van der Waals surface area contributed by atoms with Crippen molar-refractivity contribution in [3.63, 3.8) is 0 Å². The molecule has 1 heterocycles. The molecule has 92 valence electrons. The van der Waals surface area contributed by atoms with Gasteiger partial charge in [-0.25, -0.2) is 0 Å². The zero-order chi connectivity index (χ0) is 12.0. The third-order valence-electron chi connectivity index (χ3n) is 3.03. The SMILES string of the molecule is CCCCCCNC(C)c1cc(C)oc1C. The molecule has 1 atom stereocenters. The van der Waals surface area contributed by atoms with E-state index >= 15 is 0 Å². The lowest BCUT2D eigenvalue weighted by Gasteiger charge is -2.12. The molecule has 0 aliphatic carbocycles. The maximum absolute atomic E-state index is 5.54. The summed E-state index contributed by atoms with van der Waals surface area (Å²) in [5, 5.41) is 3.55. The average molecular weight is 223 g/mol. The second-order valence-electron chi connectivity index (χ2n) is 4.61. The maximum Gasteiger partial charge on any atom is 0.105 e. The molecular formula is C14H25NO.